The topological polar surface area (TPSA) is 32.8 Å². The Morgan fingerprint density at radius 3 is 2.54 bits per heavy atom. The van der Waals surface area contributed by atoms with Crippen LogP contribution in [0.1, 0.15) is 32.3 Å². The van der Waals surface area contributed by atoms with E-state index in [0.717, 1.165) is 52.0 Å². The molecule has 0 aromatic heterocycles. The van der Waals surface area contributed by atoms with Crippen LogP contribution in [0, 0.1) is 5.92 Å². The van der Waals surface area contributed by atoms with E-state index in [1.54, 1.807) is 0 Å². The molecule has 0 spiro atoms. The number of morpholine rings is 1. The number of likely N-dealkylation sites (tertiary alicyclic amines) is 1. The first-order valence-corrected chi connectivity index (χ1v) is 9.32. The smallest absolute Gasteiger partial charge is 0.227 e. The SMILES string of the molecule is C[C@H]1CN(C(=O)[C@@H]2CCCN(CCc3ccccc3)C2)C[C@H](C)O1. The fraction of sp³-hybridized carbons (Fsp3) is 0.650. The molecule has 4 nitrogen and oxygen atoms in total. The van der Waals surface area contributed by atoms with E-state index in [-0.39, 0.29) is 18.1 Å². The van der Waals surface area contributed by atoms with Crippen molar-refractivity contribution in [2.45, 2.75) is 45.3 Å². The minimum absolute atomic E-state index is 0.149. The van der Waals surface area contributed by atoms with Crippen LogP contribution in [0.4, 0.5) is 0 Å². The van der Waals surface area contributed by atoms with E-state index >= 15 is 0 Å². The summed E-state index contributed by atoms with van der Waals surface area (Å²) >= 11 is 0. The van der Waals surface area contributed by atoms with Gasteiger partial charge in [-0.15, -0.1) is 0 Å². The molecule has 3 atom stereocenters. The molecule has 2 aliphatic rings. The Morgan fingerprint density at radius 1 is 1.12 bits per heavy atom. The Bertz CT molecular complexity index is 524. The number of benzene rings is 1. The van der Waals surface area contributed by atoms with E-state index in [1.807, 2.05) is 4.90 Å². The number of hydrogen-bond acceptors (Lipinski definition) is 3. The summed E-state index contributed by atoms with van der Waals surface area (Å²) in [7, 11) is 0. The maximum atomic E-state index is 12.9. The van der Waals surface area contributed by atoms with E-state index < -0.39 is 0 Å². The molecule has 0 aliphatic carbocycles. The summed E-state index contributed by atoms with van der Waals surface area (Å²) in [6.07, 6.45) is 3.51. The van der Waals surface area contributed by atoms with Crippen molar-refractivity contribution in [1.29, 1.82) is 0 Å². The Kier molecular flexibility index (Phi) is 5.90. The second kappa shape index (κ2) is 8.13. The van der Waals surface area contributed by atoms with Gasteiger partial charge in [-0.25, -0.2) is 0 Å². The molecule has 132 valence electrons. The molecule has 24 heavy (non-hydrogen) atoms. The number of hydrogen-bond donors (Lipinski definition) is 0. The quantitative estimate of drug-likeness (QED) is 0.851. The Labute approximate surface area is 145 Å². The lowest BCUT2D eigenvalue weighted by Gasteiger charge is -2.39. The Balaban J connectivity index is 1.52. The first-order valence-electron chi connectivity index (χ1n) is 9.32. The molecule has 0 saturated carbocycles. The van der Waals surface area contributed by atoms with Crippen LogP contribution in [0.25, 0.3) is 0 Å². The number of amides is 1. The van der Waals surface area contributed by atoms with Gasteiger partial charge in [-0.3, -0.25) is 4.79 Å². The largest absolute Gasteiger partial charge is 0.372 e. The van der Waals surface area contributed by atoms with Crippen LogP contribution in [0.5, 0.6) is 0 Å². The second-order valence-electron chi connectivity index (χ2n) is 7.38. The van der Waals surface area contributed by atoms with Crippen molar-refractivity contribution in [1.82, 2.24) is 9.80 Å². The third kappa shape index (κ3) is 4.58. The van der Waals surface area contributed by atoms with Gasteiger partial charge < -0.3 is 14.5 Å². The zero-order valence-corrected chi connectivity index (χ0v) is 15.0. The number of nitrogens with zero attached hydrogens (tertiary/aromatic N) is 2. The van der Waals surface area contributed by atoms with Crippen molar-refractivity contribution in [3.63, 3.8) is 0 Å². The highest BCUT2D eigenvalue weighted by molar-refractivity contribution is 5.79. The van der Waals surface area contributed by atoms with Gasteiger partial charge in [0.1, 0.15) is 0 Å². The van der Waals surface area contributed by atoms with Crippen molar-refractivity contribution in [2.24, 2.45) is 5.92 Å². The Morgan fingerprint density at radius 2 is 1.83 bits per heavy atom. The summed E-state index contributed by atoms with van der Waals surface area (Å²) in [5.74, 6) is 0.494. The molecule has 0 N–H and O–H groups in total. The van der Waals surface area contributed by atoms with Gasteiger partial charge in [-0.1, -0.05) is 30.3 Å². The van der Waals surface area contributed by atoms with E-state index in [1.165, 1.54) is 5.56 Å². The zero-order valence-electron chi connectivity index (χ0n) is 15.0. The first kappa shape index (κ1) is 17.4. The number of rotatable bonds is 4. The molecule has 1 amide bonds. The van der Waals surface area contributed by atoms with Gasteiger partial charge in [0, 0.05) is 26.2 Å². The summed E-state index contributed by atoms with van der Waals surface area (Å²) in [6, 6.07) is 10.6. The van der Waals surface area contributed by atoms with Crippen LogP contribution in [0.3, 0.4) is 0 Å². The first-order chi connectivity index (χ1) is 11.6. The number of piperidine rings is 1. The molecule has 0 bridgehead atoms. The van der Waals surface area contributed by atoms with E-state index in [0.29, 0.717) is 5.91 Å². The lowest BCUT2D eigenvalue weighted by atomic mass is 9.95. The van der Waals surface area contributed by atoms with Gasteiger partial charge in [-0.05, 0) is 45.2 Å². The van der Waals surface area contributed by atoms with Crippen LogP contribution >= 0.6 is 0 Å². The molecule has 2 fully saturated rings. The summed E-state index contributed by atoms with van der Waals surface area (Å²) in [5.41, 5.74) is 1.38. The van der Waals surface area contributed by atoms with Gasteiger partial charge in [0.15, 0.2) is 0 Å². The van der Waals surface area contributed by atoms with E-state index in [9.17, 15) is 4.79 Å². The average molecular weight is 330 g/mol. The molecule has 4 heteroatoms. The lowest BCUT2D eigenvalue weighted by molar-refractivity contribution is -0.149. The molecule has 2 aliphatic heterocycles. The molecular formula is C20H30N2O2. The van der Waals surface area contributed by atoms with Crippen LogP contribution in [-0.4, -0.2) is 60.6 Å². The molecule has 1 aromatic carbocycles. The summed E-state index contributed by atoms with van der Waals surface area (Å²) < 4.78 is 5.76. The molecule has 0 radical (unpaired) electrons. The van der Waals surface area contributed by atoms with Crippen molar-refractivity contribution in [3.05, 3.63) is 35.9 Å². The van der Waals surface area contributed by atoms with E-state index in [2.05, 4.69) is 49.1 Å². The highest BCUT2D eigenvalue weighted by Gasteiger charge is 2.32. The monoisotopic (exact) mass is 330 g/mol. The zero-order chi connectivity index (χ0) is 16.9. The summed E-state index contributed by atoms with van der Waals surface area (Å²) in [5, 5.41) is 0. The minimum Gasteiger partial charge on any atom is -0.372 e. The van der Waals surface area contributed by atoms with Crippen LogP contribution in [0.2, 0.25) is 0 Å². The molecule has 1 aromatic rings. The predicted molar refractivity (Wildman–Crippen MR) is 95.9 cm³/mol. The Hall–Kier alpha value is -1.39. The average Bonchev–Trinajstić information content (AvgIpc) is 2.59. The van der Waals surface area contributed by atoms with Crippen molar-refractivity contribution >= 4 is 5.91 Å². The van der Waals surface area contributed by atoms with Crippen molar-refractivity contribution in [2.75, 3.05) is 32.7 Å². The molecule has 2 heterocycles. The van der Waals surface area contributed by atoms with Gasteiger partial charge in [0.25, 0.3) is 0 Å². The summed E-state index contributed by atoms with van der Waals surface area (Å²) in [4.78, 5) is 17.4. The molecule has 0 unspecified atom stereocenters. The lowest BCUT2D eigenvalue weighted by Crippen LogP contribution is -2.52. The van der Waals surface area contributed by atoms with Gasteiger partial charge in [-0.2, -0.15) is 0 Å². The third-order valence-corrected chi connectivity index (χ3v) is 5.15. The van der Waals surface area contributed by atoms with E-state index in [4.69, 9.17) is 4.74 Å². The maximum absolute atomic E-state index is 12.9. The molecule has 3 rings (SSSR count). The third-order valence-electron chi connectivity index (χ3n) is 5.15. The number of ether oxygens (including phenoxy) is 1. The van der Waals surface area contributed by atoms with Crippen LogP contribution in [-0.2, 0) is 16.0 Å². The molecular weight excluding hydrogens is 300 g/mol. The van der Waals surface area contributed by atoms with Crippen LogP contribution < -0.4 is 0 Å². The predicted octanol–water partition coefficient (Wildman–Crippen LogP) is 2.58. The van der Waals surface area contributed by atoms with Gasteiger partial charge in [0.05, 0.1) is 18.1 Å². The second-order valence-corrected chi connectivity index (χ2v) is 7.38. The van der Waals surface area contributed by atoms with Gasteiger partial charge in [0.2, 0.25) is 5.91 Å². The maximum Gasteiger partial charge on any atom is 0.227 e. The number of carbonyl (C=O) groups is 1. The highest BCUT2D eigenvalue weighted by atomic mass is 16.5. The molecule has 2 saturated heterocycles. The fourth-order valence-electron chi connectivity index (χ4n) is 4.01. The minimum atomic E-state index is 0.149. The normalized spacial score (nSPS) is 28.8. The van der Waals surface area contributed by atoms with Crippen LogP contribution in [0.15, 0.2) is 30.3 Å². The summed E-state index contributed by atoms with van der Waals surface area (Å²) in [6.45, 7) is 8.67. The fourth-order valence-corrected chi connectivity index (χ4v) is 4.01. The van der Waals surface area contributed by atoms with Crippen molar-refractivity contribution < 1.29 is 9.53 Å². The number of carbonyl (C=O) groups excluding carboxylic acids is 1. The van der Waals surface area contributed by atoms with Crippen molar-refractivity contribution in [3.8, 4) is 0 Å². The van der Waals surface area contributed by atoms with Gasteiger partial charge >= 0.3 is 0 Å². The standard InChI is InChI=1S/C20H30N2O2/c1-16-13-22(14-17(2)24-16)20(23)19-9-6-11-21(15-19)12-10-18-7-4-3-5-8-18/h3-5,7-8,16-17,19H,6,9-15H2,1-2H3/t16-,17-,19+/m0/s1. The highest BCUT2D eigenvalue weighted by Crippen LogP contribution is 2.21.